The Balaban J connectivity index is 2.37. The van der Waals surface area contributed by atoms with Gasteiger partial charge in [-0.05, 0) is 20.4 Å². The standard InChI is InChI=1S/C17H26N2O3/c1-5-6-7-8-12-15(17(21)22-4)11(2)18-13-9-19(3)10-14(20)16(12)13/h12,18H,5-10H2,1-4H3. The molecule has 0 aromatic heterocycles. The molecule has 22 heavy (non-hydrogen) atoms. The molecular weight excluding hydrogens is 280 g/mol. The Bertz CT molecular complexity index is 534. The molecule has 0 aromatic carbocycles. The lowest BCUT2D eigenvalue weighted by Crippen LogP contribution is -2.44. The summed E-state index contributed by atoms with van der Waals surface area (Å²) in [6.45, 7) is 5.17. The Kier molecular flexibility index (Phi) is 5.40. The van der Waals surface area contributed by atoms with Crippen molar-refractivity contribution >= 4 is 11.8 Å². The van der Waals surface area contributed by atoms with Gasteiger partial charge in [-0.15, -0.1) is 0 Å². The lowest BCUT2D eigenvalue weighted by Gasteiger charge is -2.36. The third kappa shape index (κ3) is 3.24. The number of dihydropyridines is 1. The summed E-state index contributed by atoms with van der Waals surface area (Å²) in [5, 5.41) is 3.26. The number of carbonyl (C=O) groups excluding carboxylic acids is 2. The Morgan fingerprint density at radius 1 is 1.36 bits per heavy atom. The highest BCUT2D eigenvalue weighted by Crippen LogP contribution is 2.36. The first kappa shape index (κ1) is 16.7. The number of ether oxygens (including phenoxy) is 1. The van der Waals surface area contributed by atoms with Crippen molar-refractivity contribution in [2.45, 2.75) is 39.5 Å². The average Bonchev–Trinajstić information content (AvgIpc) is 2.45. The molecule has 0 radical (unpaired) electrons. The maximum Gasteiger partial charge on any atom is 0.336 e. The van der Waals surface area contributed by atoms with Crippen LogP contribution in [0.4, 0.5) is 0 Å². The first-order valence-electron chi connectivity index (χ1n) is 8.00. The largest absolute Gasteiger partial charge is 0.466 e. The van der Waals surface area contributed by atoms with Gasteiger partial charge < -0.3 is 10.1 Å². The number of esters is 1. The molecule has 2 heterocycles. The van der Waals surface area contributed by atoms with E-state index in [0.717, 1.165) is 49.2 Å². The van der Waals surface area contributed by atoms with Crippen LogP contribution < -0.4 is 5.32 Å². The van der Waals surface area contributed by atoms with Crippen LogP contribution in [0.5, 0.6) is 0 Å². The molecule has 2 aliphatic heterocycles. The Hall–Kier alpha value is -1.62. The first-order valence-corrected chi connectivity index (χ1v) is 8.00. The third-order valence-corrected chi connectivity index (χ3v) is 4.41. The van der Waals surface area contributed by atoms with Gasteiger partial charge >= 0.3 is 5.97 Å². The Morgan fingerprint density at radius 2 is 2.09 bits per heavy atom. The van der Waals surface area contributed by atoms with E-state index in [9.17, 15) is 9.59 Å². The van der Waals surface area contributed by atoms with Gasteiger partial charge in [-0.1, -0.05) is 26.2 Å². The molecule has 5 heteroatoms. The monoisotopic (exact) mass is 306 g/mol. The van der Waals surface area contributed by atoms with E-state index in [1.54, 1.807) is 0 Å². The second-order valence-electron chi connectivity index (χ2n) is 6.19. The van der Waals surface area contributed by atoms with E-state index in [-0.39, 0.29) is 17.7 Å². The van der Waals surface area contributed by atoms with Gasteiger partial charge in [0.25, 0.3) is 0 Å². The number of nitrogens with zero attached hydrogens (tertiary/aromatic N) is 1. The minimum atomic E-state index is -0.329. The highest BCUT2D eigenvalue weighted by atomic mass is 16.5. The predicted octanol–water partition coefficient (Wildman–Crippen LogP) is 2.00. The van der Waals surface area contributed by atoms with Gasteiger partial charge in [0.2, 0.25) is 0 Å². The molecule has 1 unspecified atom stereocenters. The molecule has 0 fully saturated rings. The van der Waals surface area contributed by atoms with Gasteiger partial charge in [-0.2, -0.15) is 0 Å². The molecule has 0 amide bonds. The van der Waals surface area contributed by atoms with Gasteiger partial charge in [-0.25, -0.2) is 4.79 Å². The van der Waals surface area contributed by atoms with E-state index in [1.807, 2.05) is 18.9 Å². The number of rotatable bonds is 5. The summed E-state index contributed by atoms with van der Waals surface area (Å²) in [4.78, 5) is 26.7. The van der Waals surface area contributed by atoms with Crippen molar-refractivity contribution in [3.63, 3.8) is 0 Å². The first-order chi connectivity index (χ1) is 10.5. The molecule has 1 atom stereocenters. The van der Waals surface area contributed by atoms with E-state index in [2.05, 4.69) is 12.2 Å². The fourth-order valence-electron chi connectivity index (χ4n) is 3.41. The van der Waals surface area contributed by atoms with Gasteiger partial charge in [0.1, 0.15) is 0 Å². The van der Waals surface area contributed by atoms with E-state index in [4.69, 9.17) is 4.74 Å². The van der Waals surface area contributed by atoms with Crippen LogP contribution in [0.3, 0.4) is 0 Å². The van der Waals surface area contributed by atoms with Crippen molar-refractivity contribution in [2.75, 3.05) is 27.2 Å². The van der Waals surface area contributed by atoms with Crippen LogP contribution in [0.15, 0.2) is 22.5 Å². The summed E-state index contributed by atoms with van der Waals surface area (Å²) in [6.07, 6.45) is 4.05. The Labute approximate surface area is 132 Å². The summed E-state index contributed by atoms with van der Waals surface area (Å²) in [5.41, 5.74) is 3.18. The number of allylic oxidation sites excluding steroid dienone is 1. The number of hydrogen-bond donors (Lipinski definition) is 1. The number of likely N-dealkylation sites (N-methyl/N-ethyl adjacent to an activating group) is 1. The van der Waals surface area contributed by atoms with Crippen molar-refractivity contribution < 1.29 is 14.3 Å². The second kappa shape index (κ2) is 7.09. The average molecular weight is 306 g/mol. The summed E-state index contributed by atoms with van der Waals surface area (Å²) < 4.78 is 4.95. The number of carbonyl (C=O) groups is 2. The molecule has 0 spiro atoms. The fraction of sp³-hybridized carbons (Fsp3) is 0.647. The predicted molar refractivity (Wildman–Crippen MR) is 85.0 cm³/mol. The van der Waals surface area contributed by atoms with Crippen molar-refractivity contribution in [3.05, 3.63) is 22.5 Å². The highest BCUT2D eigenvalue weighted by Gasteiger charge is 2.38. The number of nitrogens with one attached hydrogen (secondary N) is 1. The summed E-state index contributed by atoms with van der Waals surface area (Å²) >= 11 is 0. The molecule has 2 rings (SSSR count). The number of hydrogen-bond acceptors (Lipinski definition) is 5. The topological polar surface area (TPSA) is 58.6 Å². The van der Waals surface area contributed by atoms with E-state index in [0.29, 0.717) is 12.1 Å². The van der Waals surface area contributed by atoms with Crippen molar-refractivity contribution in [3.8, 4) is 0 Å². The van der Waals surface area contributed by atoms with Gasteiger partial charge in [0, 0.05) is 29.4 Å². The highest BCUT2D eigenvalue weighted by molar-refractivity contribution is 6.03. The molecule has 122 valence electrons. The quantitative estimate of drug-likeness (QED) is 0.622. The van der Waals surface area contributed by atoms with E-state index < -0.39 is 0 Å². The minimum Gasteiger partial charge on any atom is -0.466 e. The molecule has 5 nitrogen and oxygen atoms in total. The van der Waals surface area contributed by atoms with E-state index >= 15 is 0 Å². The molecule has 0 bridgehead atoms. The molecule has 0 aliphatic carbocycles. The zero-order valence-corrected chi connectivity index (χ0v) is 14.0. The third-order valence-electron chi connectivity index (χ3n) is 4.41. The lowest BCUT2D eigenvalue weighted by molar-refractivity contribution is -0.136. The van der Waals surface area contributed by atoms with Crippen molar-refractivity contribution in [1.29, 1.82) is 0 Å². The molecule has 0 saturated heterocycles. The maximum absolute atomic E-state index is 12.5. The van der Waals surface area contributed by atoms with Crippen LogP contribution in [0.25, 0.3) is 0 Å². The van der Waals surface area contributed by atoms with Crippen LogP contribution in [0, 0.1) is 5.92 Å². The van der Waals surface area contributed by atoms with Crippen LogP contribution in [0.1, 0.15) is 39.5 Å². The molecule has 0 saturated carbocycles. The molecular formula is C17H26N2O3. The van der Waals surface area contributed by atoms with Gasteiger partial charge in [0.15, 0.2) is 5.78 Å². The molecule has 0 aromatic rings. The smallest absolute Gasteiger partial charge is 0.336 e. The zero-order valence-electron chi connectivity index (χ0n) is 14.0. The van der Waals surface area contributed by atoms with Crippen molar-refractivity contribution in [1.82, 2.24) is 10.2 Å². The lowest BCUT2D eigenvalue weighted by atomic mass is 9.78. The van der Waals surface area contributed by atoms with Gasteiger partial charge in [0.05, 0.1) is 19.2 Å². The van der Waals surface area contributed by atoms with Gasteiger partial charge in [-0.3, -0.25) is 9.69 Å². The molecule has 1 N–H and O–H groups in total. The Morgan fingerprint density at radius 3 is 2.73 bits per heavy atom. The zero-order chi connectivity index (χ0) is 16.3. The van der Waals surface area contributed by atoms with E-state index in [1.165, 1.54) is 7.11 Å². The van der Waals surface area contributed by atoms with Crippen molar-refractivity contribution in [2.24, 2.45) is 5.92 Å². The van der Waals surface area contributed by atoms with Crippen LogP contribution in [-0.2, 0) is 14.3 Å². The summed E-state index contributed by atoms with van der Waals surface area (Å²) in [6, 6.07) is 0. The van der Waals surface area contributed by atoms with Crippen LogP contribution in [0.2, 0.25) is 0 Å². The number of ketones is 1. The number of Topliss-reactive ketones (excluding diaryl/α,β-unsaturated/α-hetero) is 1. The molecule has 2 aliphatic rings. The maximum atomic E-state index is 12.5. The minimum absolute atomic E-state index is 0.117. The summed E-state index contributed by atoms with van der Waals surface area (Å²) in [5.74, 6) is -0.340. The number of methoxy groups -OCH3 is 1. The summed E-state index contributed by atoms with van der Waals surface area (Å²) in [7, 11) is 3.33. The van der Waals surface area contributed by atoms with Crippen LogP contribution in [-0.4, -0.2) is 43.9 Å². The second-order valence-corrected chi connectivity index (χ2v) is 6.19. The number of unbranched alkanes of at least 4 members (excludes halogenated alkanes) is 2. The SMILES string of the molecule is CCCCCC1C(C(=O)OC)=C(C)NC2=C1C(=O)CN(C)C2. The normalized spacial score (nSPS) is 22.5. The van der Waals surface area contributed by atoms with Crippen LogP contribution >= 0.6 is 0 Å². The fourth-order valence-corrected chi connectivity index (χ4v) is 3.41.